The van der Waals surface area contributed by atoms with E-state index in [1.165, 1.54) is 0 Å². The number of imidazole rings is 1. The first kappa shape index (κ1) is 8.65. The predicted octanol–water partition coefficient (Wildman–Crippen LogP) is 1.26. The van der Waals surface area contributed by atoms with E-state index in [4.69, 9.17) is 5.73 Å². The van der Waals surface area contributed by atoms with Crippen molar-refractivity contribution in [2.45, 2.75) is 13.5 Å². The molecule has 0 aromatic carbocycles. The topological polar surface area (TPSA) is 56.2 Å². The van der Waals surface area contributed by atoms with Gasteiger partial charge in [-0.15, -0.1) is 0 Å². The van der Waals surface area contributed by atoms with Crippen molar-refractivity contribution in [1.29, 1.82) is 0 Å². The molecule has 0 spiro atoms. The summed E-state index contributed by atoms with van der Waals surface area (Å²) in [5.74, 6) is 0. The van der Waals surface area contributed by atoms with Gasteiger partial charge in [-0.3, -0.25) is 0 Å². The molecule has 0 amide bonds. The highest BCUT2D eigenvalue weighted by Crippen LogP contribution is 2.17. The van der Waals surface area contributed by atoms with Crippen LogP contribution in [0, 0.1) is 6.92 Å². The maximum Gasteiger partial charge on any atom is 0.155 e. The first-order valence-corrected chi connectivity index (χ1v) is 4.72. The summed E-state index contributed by atoms with van der Waals surface area (Å²) >= 11 is 3.40. The summed E-state index contributed by atoms with van der Waals surface area (Å²) in [6.45, 7) is 2.36. The molecule has 2 heterocycles. The third-order valence-corrected chi connectivity index (χ3v) is 2.61. The molecule has 0 radical (unpaired) electrons. The number of aromatic nitrogens is 3. The molecule has 4 nitrogen and oxygen atoms in total. The highest BCUT2D eigenvalue weighted by atomic mass is 79.9. The van der Waals surface area contributed by atoms with E-state index in [1.807, 2.05) is 19.1 Å². The van der Waals surface area contributed by atoms with Gasteiger partial charge >= 0.3 is 0 Å². The zero-order valence-electron chi connectivity index (χ0n) is 7.16. The summed E-state index contributed by atoms with van der Waals surface area (Å²) in [5.41, 5.74) is 8.12. The molecule has 0 unspecified atom stereocenters. The number of nitrogens with zero attached hydrogens (tertiary/aromatic N) is 3. The number of fused-ring (bicyclic) bond motifs is 1. The second-order valence-corrected chi connectivity index (χ2v) is 3.55. The molecule has 0 atom stereocenters. The smallest absolute Gasteiger partial charge is 0.155 e. The molecule has 0 aliphatic heterocycles. The minimum absolute atomic E-state index is 0.420. The van der Waals surface area contributed by atoms with Gasteiger partial charge in [0, 0.05) is 6.54 Å². The zero-order chi connectivity index (χ0) is 9.42. The maximum absolute atomic E-state index is 5.52. The number of hydrogen-bond donors (Lipinski definition) is 1. The lowest BCUT2D eigenvalue weighted by atomic mass is 10.4. The lowest BCUT2D eigenvalue weighted by Crippen LogP contribution is -1.98. The maximum atomic E-state index is 5.52. The van der Waals surface area contributed by atoms with Crippen LogP contribution in [0.5, 0.6) is 0 Å². The van der Waals surface area contributed by atoms with Crippen molar-refractivity contribution < 1.29 is 0 Å². The first-order chi connectivity index (χ1) is 6.22. The van der Waals surface area contributed by atoms with Gasteiger partial charge in [0.05, 0.1) is 11.4 Å². The standard InChI is InChI=1S/C8H9BrN4/c1-5-2-3-7-11-6(4-10)8(9)13(7)12-5/h2-3H,4,10H2,1H3. The Hall–Kier alpha value is -0.940. The van der Waals surface area contributed by atoms with Crippen molar-refractivity contribution in [1.82, 2.24) is 14.6 Å². The van der Waals surface area contributed by atoms with Crippen molar-refractivity contribution in [2.75, 3.05) is 0 Å². The molecule has 0 aliphatic carbocycles. The normalized spacial score (nSPS) is 11.0. The molecule has 68 valence electrons. The summed E-state index contributed by atoms with van der Waals surface area (Å²) in [6, 6.07) is 3.85. The lowest BCUT2D eigenvalue weighted by Gasteiger charge is -1.94. The number of aryl methyl sites for hydroxylation is 1. The molecule has 0 fully saturated rings. The van der Waals surface area contributed by atoms with Crippen LogP contribution in [0.1, 0.15) is 11.4 Å². The van der Waals surface area contributed by atoms with Crippen LogP contribution in [0.15, 0.2) is 16.7 Å². The van der Waals surface area contributed by atoms with Gasteiger partial charge in [-0.25, -0.2) is 9.50 Å². The van der Waals surface area contributed by atoms with E-state index in [-0.39, 0.29) is 0 Å². The van der Waals surface area contributed by atoms with Crippen LogP contribution in [-0.4, -0.2) is 14.6 Å². The zero-order valence-corrected chi connectivity index (χ0v) is 8.74. The SMILES string of the molecule is Cc1ccc2nc(CN)c(Br)n2n1. The fourth-order valence-electron chi connectivity index (χ4n) is 1.17. The van der Waals surface area contributed by atoms with Crippen LogP contribution in [0.25, 0.3) is 5.65 Å². The number of nitrogens with two attached hydrogens (primary N) is 1. The van der Waals surface area contributed by atoms with Crippen molar-refractivity contribution >= 4 is 21.6 Å². The van der Waals surface area contributed by atoms with E-state index in [1.54, 1.807) is 4.52 Å². The molecule has 5 heteroatoms. The van der Waals surface area contributed by atoms with Gasteiger partial charge in [-0.2, -0.15) is 5.10 Å². The second-order valence-electron chi connectivity index (χ2n) is 2.80. The van der Waals surface area contributed by atoms with Gasteiger partial charge in [0.25, 0.3) is 0 Å². The number of hydrogen-bond acceptors (Lipinski definition) is 3. The van der Waals surface area contributed by atoms with E-state index in [0.717, 1.165) is 21.6 Å². The van der Waals surface area contributed by atoms with Crippen molar-refractivity contribution in [3.63, 3.8) is 0 Å². The van der Waals surface area contributed by atoms with Crippen LogP contribution >= 0.6 is 15.9 Å². The van der Waals surface area contributed by atoms with Gasteiger partial charge in [0.15, 0.2) is 5.65 Å². The molecule has 0 bridgehead atoms. The Bertz CT molecular complexity index is 449. The second kappa shape index (κ2) is 3.08. The van der Waals surface area contributed by atoms with Crippen molar-refractivity contribution in [3.8, 4) is 0 Å². The van der Waals surface area contributed by atoms with Gasteiger partial charge in [0.2, 0.25) is 0 Å². The fourth-order valence-corrected chi connectivity index (χ4v) is 1.69. The Morgan fingerprint density at radius 1 is 1.54 bits per heavy atom. The molecule has 2 aromatic heterocycles. The first-order valence-electron chi connectivity index (χ1n) is 3.93. The Morgan fingerprint density at radius 2 is 2.31 bits per heavy atom. The van der Waals surface area contributed by atoms with Gasteiger partial charge < -0.3 is 5.73 Å². The average molecular weight is 241 g/mol. The van der Waals surface area contributed by atoms with E-state index < -0.39 is 0 Å². The lowest BCUT2D eigenvalue weighted by molar-refractivity contribution is 0.875. The molecular weight excluding hydrogens is 232 g/mol. The highest BCUT2D eigenvalue weighted by molar-refractivity contribution is 9.10. The summed E-state index contributed by atoms with van der Waals surface area (Å²) < 4.78 is 2.59. The largest absolute Gasteiger partial charge is 0.325 e. The molecule has 2 rings (SSSR count). The van der Waals surface area contributed by atoms with E-state index >= 15 is 0 Å². The Labute approximate surface area is 83.9 Å². The molecule has 2 aromatic rings. The third-order valence-electron chi connectivity index (χ3n) is 1.82. The van der Waals surface area contributed by atoms with Gasteiger partial charge in [-0.05, 0) is 35.0 Å². The number of rotatable bonds is 1. The summed E-state index contributed by atoms with van der Waals surface area (Å²) in [7, 11) is 0. The van der Waals surface area contributed by atoms with E-state index in [2.05, 4.69) is 26.0 Å². The summed E-state index contributed by atoms with van der Waals surface area (Å²) in [6.07, 6.45) is 0. The molecular formula is C8H9BrN4. The highest BCUT2D eigenvalue weighted by Gasteiger charge is 2.08. The molecule has 13 heavy (non-hydrogen) atoms. The van der Waals surface area contributed by atoms with E-state index in [0.29, 0.717) is 6.54 Å². The third kappa shape index (κ3) is 1.34. The van der Waals surface area contributed by atoms with Crippen LogP contribution in [-0.2, 0) is 6.54 Å². The molecule has 0 saturated heterocycles. The minimum Gasteiger partial charge on any atom is -0.325 e. The van der Waals surface area contributed by atoms with Crippen molar-refractivity contribution in [2.24, 2.45) is 5.73 Å². The summed E-state index contributed by atoms with van der Waals surface area (Å²) in [4.78, 5) is 4.30. The average Bonchev–Trinajstić information content (AvgIpc) is 2.44. The molecule has 0 aliphatic rings. The Kier molecular flexibility index (Phi) is 2.05. The van der Waals surface area contributed by atoms with E-state index in [9.17, 15) is 0 Å². The van der Waals surface area contributed by atoms with Crippen LogP contribution in [0.3, 0.4) is 0 Å². The van der Waals surface area contributed by atoms with Gasteiger partial charge in [-0.1, -0.05) is 0 Å². The quantitative estimate of drug-likeness (QED) is 0.817. The van der Waals surface area contributed by atoms with Crippen molar-refractivity contribution in [3.05, 3.63) is 28.1 Å². The number of halogens is 1. The molecule has 0 saturated carbocycles. The summed E-state index contributed by atoms with van der Waals surface area (Å²) in [5, 5.41) is 4.30. The van der Waals surface area contributed by atoms with Gasteiger partial charge in [0.1, 0.15) is 4.60 Å². The Balaban J connectivity index is 2.77. The van der Waals surface area contributed by atoms with Crippen LogP contribution in [0.2, 0.25) is 0 Å². The Morgan fingerprint density at radius 3 is 3.00 bits per heavy atom. The monoisotopic (exact) mass is 240 g/mol. The fraction of sp³-hybridized carbons (Fsp3) is 0.250. The van der Waals surface area contributed by atoms with Crippen LogP contribution < -0.4 is 5.73 Å². The minimum atomic E-state index is 0.420. The molecule has 2 N–H and O–H groups in total. The van der Waals surface area contributed by atoms with Crippen LogP contribution in [0.4, 0.5) is 0 Å². The predicted molar refractivity (Wildman–Crippen MR) is 53.3 cm³/mol.